The van der Waals surface area contributed by atoms with Gasteiger partial charge < -0.3 is 5.11 Å². The third-order valence-corrected chi connectivity index (χ3v) is 4.14. The van der Waals surface area contributed by atoms with Gasteiger partial charge in [-0.3, -0.25) is 4.57 Å². The van der Waals surface area contributed by atoms with Crippen molar-refractivity contribution in [2.24, 2.45) is 0 Å². The number of aliphatic hydroxyl groups excluding tert-OH is 1. The predicted octanol–water partition coefficient (Wildman–Crippen LogP) is 3.43. The zero-order chi connectivity index (χ0) is 14.3. The molecule has 3 aromatic rings. The van der Waals surface area contributed by atoms with Gasteiger partial charge in [-0.15, -0.1) is 0 Å². The predicted molar refractivity (Wildman–Crippen MR) is 82.4 cm³/mol. The molecule has 0 bridgehead atoms. The van der Waals surface area contributed by atoms with Crippen molar-refractivity contribution in [3.8, 4) is 11.4 Å². The summed E-state index contributed by atoms with van der Waals surface area (Å²) in [5.74, 6) is 0.715. The number of benzene rings is 1. The fourth-order valence-electron chi connectivity index (χ4n) is 2.28. The van der Waals surface area contributed by atoms with Crippen LogP contribution in [-0.2, 0) is 6.73 Å². The van der Waals surface area contributed by atoms with E-state index in [1.807, 2.05) is 18.2 Å². The van der Waals surface area contributed by atoms with E-state index < -0.39 is 0 Å². The number of aryl methyl sites for hydroxylation is 2. The standard InChI is InChI=1S/C15H14BrN3O/c1-9-6-12-13(7-10(9)2)19(8-20)15(18-12)11-4-3-5-17-14(11)16/h3-7,20H,8H2,1-2H3. The minimum atomic E-state index is -0.115. The van der Waals surface area contributed by atoms with Crippen LogP contribution >= 0.6 is 15.9 Å². The van der Waals surface area contributed by atoms with Gasteiger partial charge in [0.15, 0.2) is 0 Å². The highest BCUT2D eigenvalue weighted by atomic mass is 79.9. The van der Waals surface area contributed by atoms with Gasteiger partial charge in [-0.25, -0.2) is 9.97 Å². The van der Waals surface area contributed by atoms with E-state index in [0.717, 1.165) is 21.2 Å². The van der Waals surface area contributed by atoms with Gasteiger partial charge in [-0.05, 0) is 65.2 Å². The van der Waals surface area contributed by atoms with Crippen LogP contribution in [-0.4, -0.2) is 19.6 Å². The lowest BCUT2D eigenvalue weighted by atomic mass is 10.1. The van der Waals surface area contributed by atoms with Crippen LogP contribution in [0.25, 0.3) is 22.4 Å². The van der Waals surface area contributed by atoms with E-state index >= 15 is 0 Å². The van der Waals surface area contributed by atoms with Gasteiger partial charge in [-0.1, -0.05) is 0 Å². The van der Waals surface area contributed by atoms with Crippen LogP contribution in [0.5, 0.6) is 0 Å². The summed E-state index contributed by atoms with van der Waals surface area (Å²) < 4.78 is 2.52. The van der Waals surface area contributed by atoms with E-state index in [9.17, 15) is 5.11 Å². The molecule has 0 amide bonds. The molecule has 0 aliphatic carbocycles. The molecule has 102 valence electrons. The maximum absolute atomic E-state index is 9.70. The number of imidazole rings is 1. The van der Waals surface area contributed by atoms with Crippen LogP contribution < -0.4 is 0 Å². The molecule has 2 heterocycles. The van der Waals surface area contributed by atoms with Gasteiger partial charge in [0.2, 0.25) is 0 Å². The van der Waals surface area contributed by atoms with Crippen LogP contribution in [0.15, 0.2) is 35.1 Å². The highest BCUT2D eigenvalue weighted by Crippen LogP contribution is 2.30. The highest BCUT2D eigenvalue weighted by Gasteiger charge is 2.15. The number of halogens is 1. The Balaban J connectivity index is 2.34. The van der Waals surface area contributed by atoms with Crippen molar-refractivity contribution in [1.29, 1.82) is 0 Å². The molecule has 2 aromatic heterocycles. The number of rotatable bonds is 2. The Morgan fingerprint density at radius 3 is 2.70 bits per heavy atom. The molecule has 4 nitrogen and oxygen atoms in total. The van der Waals surface area contributed by atoms with E-state index in [1.54, 1.807) is 10.8 Å². The number of aliphatic hydroxyl groups is 1. The molecule has 20 heavy (non-hydrogen) atoms. The van der Waals surface area contributed by atoms with E-state index in [2.05, 4.69) is 45.8 Å². The lowest BCUT2D eigenvalue weighted by Gasteiger charge is -2.07. The summed E-state index contributed by atoms with van der Waals surface area (Å²) in [6.45, 7) is 4.01. The zero-order valence-electron chi connectivity index (χ0n) is 11.3. The summed E-state index contributed by atoms with van der Waals surface area (Å²) in [6, 6.07) is 7.90. The molecule has 1 N–H and O–H groups in total. The first-order chi connectivity index (χ1) is 9.61. The Morgan fingerprint density at radius 1 is 1.25 bits per heavy atom. The topological polar surface area (TPSA) is 50.9 Å². The van der Waals surface area contributed by atoms with Crippen LogP contribution in [0.1, 0.15) is 11.1 Å². The minimum absolute atomic E-state index is 0.115. The second-order valence-corrected chi connectivity index (χ2v) is 5.52. The minimum Gasteiger partial charge on any atom is -0.376 e. The van der Waals surface area contributed by atoms with E-state index in [-0.39, 0.29) is 6.73 Å². The van der Waals surface area contributed by atoms with Crippen molar-refractivity contribution in [2.45, 2.75) is 20.6 Å². The SMILES string of the molecule is Cc1cc2nc(-c3cccnc3Br)n(CO)c2cc1C. The molecule has 0 radical (unpaired) electrons. The molecule has 0 atom stereocenters. The van der Waals surface area contributed by atoms with Gasteiger partial charge in [-0.2, -0.15) is 0 Å². The van der Waals surface area contributed by atoms with E-state index in [1.165, 1.54) is 11.1 Å². The monoisotopic (exact) mass is 331 g/mol. The fraction of sp³-hybridized carbons (Fsp3) is 0.200. The maximum Gasteiger partial charge on any atom is 0.145 e. The van der Waals surface area contributed by atoms with Crippen molar-refractivity contribution >= 4 is 27.0 Å². The van der Waals surface area contributed by atoms with Crippen LogP contribution in [0.3, 0.4) is 0 Å². The number of hydrogen-bond acceptors (Lipinski definition) is 3. The van der Waals surface area contributed by atoms with Gasteiger partial charge >= 0.3 is 0 Å². The normalized spacial score (nSPS) is 11.2. The Bertz CT molecular complexity index is 795. The fourth-order valence-corrected chi connectivity index (χ4v) is 2.71. The second-order valence-electron chi connectivity index (χ2n) is 4.77. The molecule has 0 fully saturated rings. The van der Waals surface area contributed by atoms with Gasteiger partial charge in [0.25, 0.3) is 0 Å². The third kappa shape index (κ3) is 2.03. The van der Waals surface area contributed by atoms with Crippen LogP contribution in [0.4, 0.5) is 0 Å². The maximum atomic E-state index is 9.70. The van der Waals surface area contributed by atoms with Crippen molar-refractivity contribution in [3.05, 3.63) is 46.2 Å². The summed E-state index contributed by atoms with van der Waals surface area (Å²) in [5.41, 5.74) is 5.06. The first-order valence-electron chi connectivity index (χ1n) is 6.31. The van der Waals surface area contributed by atoms with Crippen molar-refractivity contribution < 1.29 is 5.11 Å². The summed E-state index contributed by atoms with van der Waals surface area (Å²) in [7, 11) is 0. The Hall–Kier alpha value is -1.72. The number of pyridine rings is 1. The molecule has 3 rings (SSSR count). The Labute approximate surface area is 125 Å². The molecule has 0 aliphatic rings. The largest absolute Gasteiger partial charge is 0.376 e. The lowest BCUT2D eigenvalue weighted by molar-refractivity contribution is 0.216. The summed E-state index contributed by atoms with van der Waals surface area (Å²) >= 11 is 3.44. The summed E-state index contributed by atoms with van der Waals surface area (Å²) in [5, 5.41) is 9.70. The molecule has 0 unspecified atom stereocenters. The lowest BCUT2D eigenvalue weighted by Crippen LogP contribution is -2.00. The molecular formula is C15H14BrN3O. The van der Waals surface area contributed by atoms with E-state index in [4.69, 9.17) is 0 Å². The molecule has 0 aliphatic heterocycles. The first kappa shape index (κ1) is 13.3. The number of aromatic nitrogens is 3. The summed E-state index contributed by atoms with van der Waals surface area (Å²) in [4.78, 5) is 8.87. The van der Waals surface area contributed by atoms with Gasteiger partial charge in [0, 0.05) is 6.20 Å². The van der Waals surface area contributed by atoms with E-state index in [0.29, 0.717) is 5.82 Å². The van der Waals surface area contributed by atoms with Crippen molar-refractivity contribution in [1.82, 2.24) is 14.5 Å². The molecule has 0 saturated heterocycles. The van der Waals surface area contributed by atoms with Crippen LogP contribution in [0.2, 0.25) is 0 Å². The number of hydrogen-bond donors (Lipinski definition) is 1. The third-order valence-electron chi connectivity index (χ3n) is 3.51. The van der Waals surface area contributed by atoms with Gasteiger partial charge in [0.05, 0.1) is 16.6 Å². The number of nitrogens with zero attached hydrogens (tertiary/aromatic N) is 3. The molecule has 5 heteroatoms. The highest BCUT2D eigenvalue weighted by molar-refractivity contribution is 9.10. The van der Waals surface area contributed by atoms with Gasteiger partial charge in [0.1, 0.15) is 17.2 Å². The number of fused-ring (bicyclic) bond motifs is 1. The molecule has 0 saturated carbocycles. The Morgan fingerprint density at radius 2 is 2.00 bits per heavy atom. The average Bonchev–Trinajstić information content (AvgIpc) is 2.77. The van der Waals surface area contributed by atoms with Crippen molar-refractivity contribution in [3.63, 3.8) is 0 Å². The average molecular weight is 332 g/mol. The Kier molecular flexibility index (Phi) is 3.31. The second kappa shape index (κ2) is 5.00. The van der Waals surface area contributed by atoms with Crippen LogP contribution in [0, 0.1) is 13.8 Å². The smallest absolute Gasteiger partial charge is 0.145 e. The first-order valence-corrected chi connectivity index (χ1v) is 7.10. The molecule has 1 aromatic carbocycles. The van der Waals surface area contributed by atoms with Crippen molar-refractivity contribution in [2.75, 3.05) is 0 Å². The molecule has 0 spiro atoms. The zero-order valence-corrected chi connectivity index (χ0v) is 12.8. The quantitative estimate of drug-likeness (QED) is 0.732. The molecular weight excluding hydrogens is 318 g/mol. The summed E-state index contributed by atoms with van der Waals surface area (Å²) in [6.07, 6.45) is 1.72.